The molecule has 0 N–H and O–H groups in total. The minimum Gasteiger partial charge on any atom is -0.451 e. The van der Waals surface area contributed by atoms with Crippen LogP contribution in [0.1, 0.15) is 42.1 Å². The monoisotopic (exact) mass is 443 g/mol. The third-order valence-electron chi connectivity index (χ3n) is 5.56. The van der Waals surface area contributed by atoms with E-state index in [9.17, 15) is 14.4 Å². The highest BCUT2D eigenvalue weighted by Gasteiger charge is 2.40. The lowest BCUT2D eigenvalue weighted by Gasteiger charge is -2.32. The predicted octanol–water partition coefficient (Wildman–Crippen LogP) is 5.04. The number of piperidine rings is 1. The van der Waals surface area contributed by atoms with Crippen molar-refractivity contribution in [2.24, 2.45) is 0 Å². The quantitative estimate of drug-likeness (QED) is 0.499. The summed E-state index contributed by atoms with van der Waals surface area (Å²) in [5, 5.41) is 0. The summed E-state index contributed by atoms with van der Waals surface area (Å²) in [4.78, 5) is 39.6. The van der Waals surface area contributed by atoms with Crippen LogP contribution >= 0.6 is 0 Å². The number of imide groups is 1. The Kier molecular flexibility index (Phi) is 7.15. The summed E-state index contributed by atoms with van der Waals surface area (Å²) in [6, 6.07) is 26.9. The van der Waals surface area contributed by atoms with E-state index in [4.69, 9.17) is 9.47 Å². The third kappa shape index (κ3) is 5.47. The van der Waals surface area contributed by atoms with Gasteiger partial charge < -0.3 is 9.47 Å². The summed E-state index contributed by atoms with van der Waals surface area (Å²) >= 11 is 0. The number of hydrogen-bond donors (Lipinski definition) is 0. The van der Waals surface area contributed by atoms with Gasteiger partial charge in [-0.05, 0) is 29.5 Å². The zero-order chi connectivity index (χ0) is 23.0. The van der Waals surface area contributed by atoms with E-state index >= 15 is 0 Å². The zero-order valence-corrected chi connectivity index (χ0v) is 18.1. The summed E-state index contributed by atoms with van der Waals surface area (Å²) in [5.74, 6) is -1.06. The van der Waals surface area contributed by atoms with Crippen molar-refractivity contribution in [3.05, 3.63) is 108 Å². The molecule has 4 rings (SSSR count). The molecule has 1 aliphatic heterocycles. The molecule has 3 aromatic rings. The van der Waals surface area contributed by atoms with Crippen LogP contribution in [0, 0.1) is 0 Å². The summed E-state index contributed by atoms with van der Waals surface area (Å²) in [6.45, 7) is 0.0158. The maximum atomic E-state index is 13.3. The molecular weight excluding hydrogens is 418 g/mol. The van der Waals surface area contributed by atoms with Crippen LogP contribution in [0.15, 0.2) is 91.0 Å². The predicted molar refractivity (Wildman–Crippen MR) is 122 cm³/mol. The summed E-state index contributed by atoms with van der Waals surface area (Å²) in [6.07, 6.45) is -0.463. The van der Waals surface area contributed by atoms with Crippen molar-refractivity contribution in [3.63, 3.8) is 0 Å². The van der Waals surface area contributed by atoms with E-state index in [0.29, 0.717) is 12.8 Å². The number of amides is 2. The van der Waals surface area contributed by atoms with Gasteiger partial charge in [0.15, 0.2) is 6.10 Å². The van der Waals surface area contributed by atoms with Crippen LogP contribution in [0.4, 0.5) is 4.79 Å². The van der Waals surface area contributed by atoms with Crippen LogP contribution in [0.2, 0.25) is 0 Å². The molecule has 0 bridgehead atoms. The van der Waals surface area contributed by atoms with Gasteiger partial charge in [-0.1, -0.05) is 91.0 Å². The smallest absolute Gasteiger partial charge is 0.417 e. The first-order valence-electron chi connectivity index (χ1n) is 11.0. The first-order valence-corrected chi connectivity index (χ1v) is 11.0. The van der Waals surface area contributed by atoms with Crippen molar-refractivity contribution in [2.45, 2.75) is 38.0 Å². The van der Waals surface area contributed by atoms with Crippen molar-refractivity contribution in [1.82, 2.24) is 4.90 Å². The number of hydrogen-bond acceptors (Lipinski definition) is 5. The number of nitrogens with zero attached hydrogens (tertiary/aromatic N) is 1. The molecule has 0 aliphatic carbocycles. The van der Waals surface area contributed by atoms with Gasteiger partial charge in [-0.3, -0.25) is 4.79 Å². The molecule has 0 saturated carbocycles. The molecule has 0 aromatic heterocycles. The number of benzene rings is 3. The van der Waals surface area contributed by atoms with Crippen LogP contribution < -0.4 is 0 Å². The standard InChI is InChI=1S/C27H25NO5/c29-24-18-10-17-23(28(24)27(31)32-19-20-11-4-1-5-12-20)26(30)33-25(21-13-6-2-7-14-21)22-15-8-3-9-16-22/h1-9,11-16,23,25H,10,17-19H2/t23-/m1/s1. The summed E-state index contributed by atoms with van der Waals surface area (Å²) in [5.41, 5.74) is 2.40. The fourth-order valence-electron chi connectivity index (χ4n) is 3.89. The Morgan fingerprint density at radius 2 is 1.39 bits per heavy atom. The van der Waals surface area contributed by atoms with Crippen molar-refractivity contribution in [1.29, 1.82) is 0 Å². The minimum atomic E-state index is -1.02. The first-order chi connectivity index (χ1) is 16.1. The van der Waals surface area contributed by atoms with Gasteiger partial charge in [0.2, 0.25) is 5.91 Å². The van der Waals surface area contributed by atoms with Gasteiger partial charge >= 0.3 is 12.1 Å². The van der Waals surface area contributed by atoms with Crippen LogP contribution in [0.3, 0.4) is 0 Å². The van der Waals surface area contributed by atoms with Gasteiger partial charge in [-0.2, -0.15) is 0 Å². The van der Waals surface area contributed by atoms with E-state index in [0.717, 1.165) is 21.6 Å². The van der Waals surface area contributed by atoms with E-state index in [1.807, 2.05) is 91.0 Å². The number of carbonyl (C=O) groups is 3. The molecule has 2 amide bonds. The number of rotatable bonds is 6. The van der Waals surface area contributed by atoms with E-state index in [2.05, 4.69) is 0 Å². The molecule has 1 aliphatic rings. The fourth-order valence-corrected chi connectivity index (χ4v) is 3.89. The van der Waals surface area contributed by atoms with Gasteiger partial charge in [0.05, 0.1) is 0 Å². The lowest BCUT2D eigenvalue weighted by molar-refractivity contribution is -0.159. The largest absolute Gasteiger partial charge is 0.451 e. The van der Waals surface area contributed by atoms with Gasteiger partial charge in [0.25, 0.3) is 0 Å². The highest BCUT2D eigenvalue weighted by Crippen LogP contribution is 2.29. The van der Waals surface area contributed by atoms with Crippen molar-refractivity contribution < 1.29 is 23.9 Å². The zero-order valence-electron chi connectivity index (χ0n) is 18.1. The average molecular weight is 443 g/mol. The van der Waals surface area contributed by atoms with Crippen LogP contribution in [-0.4, -0.2) is 28.9 Å². The molecule has 6 heteroatoms. The number of carbonyl (C=O) groups excluding carboxylic acids is 3. The Hall–Kier alpha value is -3.93. The Balaban J connectivity index is 1.52. The molecule has 0 unspecified atom stereocenters. The van der Waals surface area contributed by atoms with Crippen LogP contribution in [-0.2, 0) is 25.7 Å². The molecule has 1 fully saturated rings. The van der Waals surface area contributed by atoms with Gasteiger partial charge in [-0.15, -0.1) is 0 Å². The SMILES string of the molecule is O=C(OC(c1ccccc1)c1ccccc1)[C@H]1CCCC(=O)N1C(=O)OCc1ccccc1. The Labute approximate surface area is 192 Å². The second kappa shape index (κ2) is 10.6. The highest BCUT2D eigenvalue weighted by molar-refractivity contribution is 5.97. The molecular formula is C27H25NO5. The van der Waals surface area contributed by atoms with Crippen molar-refractivity contribution in [2.75, 3.05) is 0 Å². The number of ether oxygens (including phenoxy) is 2. The Morgan fingerprint density at radius 3 is 1.97 bits per heavy atom. The highest BCUT2D eigenvalue weighted by atomic mass is 16.6. The lowest BCUT2D eigenvalue weighted by atomic mass is 10.00. The second-order valence-electron chi connectivity index (χ2n) is 7.85. The molecule has 0 spiro atoms. The summed E-state index contributed by atoms with van der Waals surface area (Å²) < 4.78 is 11.3. The lowest BCUT2D eigenvalue weighted by Crippen LogP contribution is -2.52. The normalized spacial score (nSPS) is 15.8. The molecule has 6 nitrogen and oxygen atoms in total. The van der Waals surface area contributed by atoms with Crippen LogP contribution in [0.5, 0.6) is 0 Å². The summed E-state index contributed by atoms with van der Waals surface area (Å²) in [7, 11) is 0. The van der Waals surface area contributed by atoms with Crippen LogP contribution in [0.25, 0.3) is 0 Å². The average Bonchev–Trinajstić information content (AvgIpc) is 2.87. The first kappa shape index (κ1) is 22.3. The maximum Gasteiger partial charge on any atom is 0.417 e. The minimum absolute atomic E-state index is 0.0158. The van der Waals surface area contributed by atoms with Gasteiger partial charge in [-0.25, -0.2) is 14.5 Å². The molecule has 3 aromatic carbocycles. The molecule has 1 heterocycles. The van der Waals surface area contributed by atoms with E-state index in [-0.39, 0.29) is 13.0 Å². The topological polar surface area (TPSA) is 72.9 Å². The molecule has 1 saturated heterocycles. The molecule has 33 heavy (non-hydrogen) atoms. The second-order valence-corrected chi connectivity index (χ2v) is 7.85. The van der Waals surface area contributed by atoms with Gasteiger partial charge in [0.1, 0.15) is 12.6 Å². The fraction of sp³-hybridized carbons (Fsp3) is 0.222. The van der Waals surface area contributed by atoms with E-state index in [1.165, 1.54) is 0 Å². The maximum absolute atomic E-state index is 13.3. The Bertz CT molecular complexity index is 1050. The Morgan fingerprint density at radius 1 is 0.848 bits per heavy atom. The van der Waals surface area contributed by atoms with E-state index in [1.54, 1.807) is 0 Å². The van der Waals surface area contributed by atoms with Gasteiger partial charge in [0, 0.05) is 6.42 Å². The third-order valence-corrected chi connectivity index (χ3v) is 5.56. The molecule has 168 valence electrons. The van der Waals surface area contributed by atoms with E-state index < -0.39 is 30.1 Å². The van der Waals surface area contributed by atoms with Crippen molar-refractivity contribution in [3.8, 4) is 0 Å². The molecule has 0 radical (unpaired) electrons. The molecule has 1 atom stereocenters. The number of esters is 1. The van der Waals surface area contributed by atoms with Crippen molar-refractivity contribution >= 4 is 18.0 Å². The number of likely N-dealkylation sites (tertiary alicyclic amines) is 1.